The van der Waals surface area contributed by atoms with Gasteiger partial charge in [-0.1, -0.05) is 6.07 Å². The third kappa shape index (κ3) is 3.51. The summed E-state index contributed by atoms with van der Waals surface area (Å²) in [5.41, 5.74) is 1.15. The predicted molar refractivity (Wildman–Crippen MR) is 70.2 cm³/mol. The zero-order valence-corrected chi connectivity index (χ0v) is 10.7. The highest BCUT2D eigenvalue weighted by molar-refractivity contribution is 5.82. The van der Waals surface area contributed by atoms with Gasteiger partial charge in [0.2, 0.25) is 5.91 Å². The van der Waals surface area contributed by atoms with Gasteiger partial charge in [-0.15, -0.1) is 0 Å². The van der Waals surface area contributed by atoms with Crippen LogP contribution < -0.4 is 10.6 Å². The Bertz CT molecular complexity index is 382. The molecule has 1 saturated heterocycles. The number of hydrogen-bond acceptors (Lipinski definition) is 4. The number of amides is 1. The van der Waals surface area contributed by atoms with E-state index in [4.69, 9.17) is 0 Å². The summed E-state index contributed by atoms with van der Waals surface area (Å²) in [5, 5.41) is 6.22. The molecule has 0 aliphatic carbocycles. The minimum absolute atomic E-state index is 0.0485. The van der Waals surface area contributed by atoms with Crippen LogP contribution in [0.1, 0.15) is 5.56 Å². The highest BCUT2D eigenvalue weighted by Crippen LogP contribution is 2.00. The van der Waals surface area contributed by atoms with E-state index in [1.165, 1.54) is 0 Å². The van der Waals surface area contributed by atoms with E-state index in [1.54, 1.807) is 6.20 Å². The maximum absolute atomic E-state index is 12.0. The second kappa shape index (κ2) is 6.47. The Morgan fingerprint density at radius 2 is 2.56 bits per heavy atom. The van der Waals surface area contributed by atoms with Crippen molar-refractivity contribution < 1.29 is 4.79 Å². The lowest BCUT2D eigenvalue weighted by Gasteiger charge is -2.31. The lowest BCUT2D eigenvalue weighted by Crippen LogP contribution is -2.56. The molecule has 5 nitrogen and oxygen atoms in total. The maximum atomic E-state index is 12.0. The van der Waals surface area contributed by atoms with Gasteiger partial charge in [0.25, 0.3) is 0 Å². The first-order valence-corrected chi connectivity index (χ1v) is 6.35. The predicted octanol–water partition coefficient (Wildman–Crippen LogP) is -0.356. The van der Waals surface area contributed by atoms with Gasteiger partial charge in [-0.05, 0) is 25.1 Å². The molecule has 2 N–H and O–H groups in total. The summed E-state index contributed by atoms with van der Waals surface area (Å²) in [4.78, 5) is 18.1. The summed E-state index contributed by atoms with van der Waals surface area (Å²) in [6.45, 7) is 3.26. The summed E-state index contributed by atoms with van der Waals surface area (Å²) in [7, 11) is 1.99. The number of likely N-dealkylation sites (N-methyl/N-ethyl adjacent to an activating group) is 1. The first-order valence-electron chi connectivity index (χ1n) is 6.35. The van der Waals surface area contributed by atoms with E-state index in [0.717, 1.165) is 31.6 Å². The van der Waals surface area contributed by atoms with Crippen LogP contribution in [0.2, 0.25) is 0 Å². The van der Waals surface area contributed by atoms with Gasteiger partial charge in [0, 0.05) is 38.6 Å². The van der Waals surface area contributed by atoms with Crippen LogP contribution in [0.3, 0.4) is 0 Å². The topological polar surface area (TPSA) is 57.3 Å². The molecule has 0 bridgehead atoms. The molecule has 2 heterocycles. The molecule has 0 radical (unpaired) electrons. The van der Waals surface area contributed by atoms with E-state index in [9.17, 15) is 4.79 Å². The Balaban J connectivity index is 1.74. The molecule has 1 aliphatic rings. The summed E-state index contributed by atoms with van der Waals surface area (Å²) in [5.74, 6) is 0.105. The molecule has 98 valence electrons. The third-order valence-corrected chi connectivity index (χ3v) is 3.25. The first-order chi connectivity index (χ1) is 8.77. The summed E-state index contributed by atoms with van der Waals surface area (Å²) in [6.07, 6.45) is 4.41. The van der Waals surface area contributed by atoms with Crippen molar-refractivity contribution in [2.24, 2.45) is 0 Å². The number of hydrogen-bond donors (Lipinski definition) is 2. The molecule has 0 aromatic carbocycles. The van der Waals surface area contributed by atoms with Crippen LogP contribution >= 0.6 is 0 Å². The fraction of sp³-hybridized carbons (Fsp3) is 0.538. The van der Waals surface area contributed by atoms with Crippen molar-refractivity contribution in [3.05, 3.63) is 30.1 Å². The smallest absolute Gasteiger partial charge is 0.238 e. The molecule has 2 rings (SSSR count). The quantitative estimate of drug-likeness (QED) is 0.764. The summed E-state index contributed by atoms with van der Waals surface area (Å²) >= 11 is 0. The number of piperazine rings is 1. The fourth-order valence-electron chi connectivity index (χ4n) is 2.09. The van der Waals surface area contributed by atoms with Crippen LogP contribution in [0.15, 0.2) is 24.5 Å². The van der Waals surface area contributed by atoms with Crippen molar-refractivity contribution in [3.8, 4) is 0 Å². The van der Waals surface area contributed by atoms with E-state index in [-0.39, 0.29) is 11.9 Å². The van der Waals surface area contributed by atoms with Crippen molar-refractivity contribution in [2.75, 3.05) is 33.2 Å². The van der Waals surface area contributed by atoms with E-state index in [0.29, 0.717) is 6.54 Å². The molecule has 1 aliphatic heterocycles. The van der Waals surface area contributed by atoms with Gasteiger partial charge in [-0.3, -0.25) is 14.7 Å². The van der Waals surface area contributed by atoms with Gasteiger partial charge < -0.3 is 10.6 Å². The van der Waals surface area contributed by atoms with Gasteiger partial charge >= 0.3 is 0 Å². The molecule has 1 fully saturated rings. The molecule has 0 saturated carbocycles. The van der Waals surface area contributed by atoms with Crippen molar-refractivity contribution >= 4 is 5.91 Å². The maximum Gasteiger partial charge on any atom is 0.238 e. The van der Waals surface area contributed by atoms with Gasteiger partial charge in [-0.25, -0.2) is 0 Å². The Kier molecular flexibility index (Phi) is 4.66. The molecule has 18 heavy (non-hydrogen) atoms. The highest BCUT2D eigenvalue weighted by atomic mass is 16.2. The second-order valence-corrected chi connectivity index (χ2v) is 4.60. The monoisotopic (exact) mass is 248 g/mol. The summed E-state index contributed by atoms with van der Waals surface area (Å²) in [6, 6.07) is 3.89. The van der Waals surface area contributed by atoms with Crippen molar-refractivity contribution in [1.29, 1.82) is 0 Å². The average molecular weight is 248 g/mol. The van der Waals surface area contributed by atoms with Crippen LogP contribution in [0.5, 0.6) is 0 Å². The number of nitrogens with zero attached hydrogens (tertiary/aromatic N) is 2. The number of pyridine rings is 1. The fourth-order valence-corrected chi connectivity index (χ4v) is 2.09. The van der Waals surface area contributed by atoms with Crippen molar-refractivity contribution in [3.63, 3.8) is 0 Å². The minimum Gasteiger partial charge on any atom is -0.354 e. The number of carbonyl (C=O) groups is 1. The molecule has 0 spiro atoms. The largest absolute Gasteiger partial charge is 0.354 e. The third-order valence-electron chi connectivity index (χ3n) is 3.25. The second-order valence-electron chi connectivity index (χ2n) is 4.60. The molecular formula is C13H20N4O. The van der Waals surface area contributed by atoms with E-state index in [2.05, 4.69) is 20.5 Å². The number of aromatic nitrogens is 1. The number of rotatable bonds is 4. The molecule has 1 atom stereocenters. The average Bonchev–Trinajstić information content (AvgIpc) is 2.40. The minimum atomic E-state index is -0.0485. The van der Waals surface area contributed by atoms with E-state index in [1.807, 2.05) is 25.4 Å². The lowest BCUT2D eigenvalue weighted by molar-refractivity contribution is -0.126. The molecule has 1 amide bonds. The standard InChI is InChI=1S/C13H20N4O/c1-17-8-7-15-10-12(17)13(18)16-6-4-11-3-2-5-14-9-11/h2-3,5,9,12,15H,4,6-8,10H2,1H3,(H,16,18). The van der Waals surface area contributed by atoms with E-state index >= 15 is 0 Å². The SMILES string of the molecule is CN1CCNCC1C(=O)NCCc1cccnc1. The Morgan fingerprint density at radius 1 is 1.67 bits per heavy atom. The normalized spacial score (nSPS) is 20.6. The molecule has 1 unspecified atom stereocenters. The lowest BCUT2D eigenvalue weighted by atomic mass is 10.1. The zero-order valence-electron chi connectivity index (χ0n) is 10.7. The number of nitrogens with one attached hydrogen (secondary N) is 2. The van der Waals surface area contributed by atoms with Crippen LogP contribution in [-0.2, 0) is 11.2 Å². The van der Waals surface area contributed by atoms with E-state index < -0.39 is 0 Å². The van der Waals surface area contributed by atoms with Gasteiger partial charge in [0.15, 0.2) is 0 Å². The first kappa shape index (κ1) is 13.0. The molecule has 1 aromatic heterocycles. The molecule has 5 heteroatoms. The van der Waals surface area contributed by atoms with Crippen molar-refractivity contribution in [2.45, 2.75) is 12.5 Å². The van der Waals surface area contributed by atoms with Crippen molar-refractivity contribution in [1.82, 2.24) is 20.5 Å². The highest BCUT2D eigenvalue weighted by Gasteiger charge is 2.24. The Hall–Kier alpha value is -1.46. The Labute approximate surface area is 108 Å². The van der Waals surface area contributed by atoms with Gasteiger partial charge in [0.05, 0.1) is 0 Å². The van der Waals surface area contributed by atoms with Crippen LogP contribution in [0.25, 0.3) is 0 Å². The zero-order chi connectivity index (χ0) is 12.8. The Morgan fingerprint density at radius 3 is 3.28 bits per heavy atom. The van der Waals surface area contributed by atoms with Gasteiger partial charge in [0.1, 0.15) is 6.04 Å². The molecular weight excluding hydrogens is 228 g/mol. The van der Waals surface area contributed by atoms with Crippen LogP contribution in [-0.4, -0.2) is 55.1 Å². The van der Waals surface area contributed by atoms with Gasteiger partial charge in [-0.2, -0.15) is 0 Å². The van der Waals surface area contributed by atoms with Crippen LogP contribution in [0, 0.1) is 0 Å². The molecule has 1 aromatic rings. The van der Waals surface area contributed by atoms with Crippen LogP contribution in [0.4, 0.5) is 0 Å². The number of carbonyl (C=O) groups excluding carboxylic acids is 1. The summed E-state index contributed by atoms with van der Waals surface area (Å²) < 4.78 is 0.